The van der Waals surface area contributed by atoms with Gasteiger partial charge in [-0.15, -0.1) is 0 Å². The molecule has 1 aromatic heterocycles. The molecule has 16 nitrogen and oxygen atoms in total. The van der Waals surface area contributed by atoms with Crippen LogP contribution in [0.5, 0.6) is 0 Å². The predicted octanol–water partition coefficient (Wildman–Crippen LogP) is 6.27. The SMILES string of the molecule is C[C@H](NC(=O)CCCCNC(=O)[C@H](NC(=O)N1CCN(C)CC1)c1ccccc1)c1ccc(-c2ccc(-c3cnc([C@@H]4CCCN4C(=O)[C@H](NC(=O)N4CCN(C)CC4)c4ccccc4)[nH]3)cc2)cc1. The van der Waals surface area contributed by atoms with Gasteiger partial charge in [0.1, 0.15) is 17.9 Å². The quantitative estimate of drug-likeness (QED) is 0.0720. The van der Waals surface area contributed by atoms with Gasteiger partial charge in [0.2, 0.25) is 17.7 Å². The minimum Gasteiger partial charge on any atom is -0.354 e. The summed E-state index contributed by atoms with van der Waals surface area (Å²) in [6.07, 6.45) is 4.96. The maximum atomic E-state index is 14.3. The van der Waals surface area contributed by atoms with E-state index < -0.39 is 12.1 Å². The summed E-state index contributed by atoms with van der Waals surface area (Å²) < 4.78 is 0. The number of piperazine rings is 2. The average Bonchev–Trinajstić information content (AvgIpc) is 4.09. The van der Waals surface area contributed by atoms with Crippen molar-refractivity contribution in [3.63, 3.8) is 0 Å². The number of H-pyrrole nitrogens is 1. The number of rotatable bonds is 16. The molecule has 70 heavy (non-hydrogen) atoms. The normalized spacial score (nSPS) is 17.9. The van der Waals surface area contributed by atoms with Gasteiger partial charge in [-0.3, -0.25) is 14.4 Å². The fourth-order valence-corrected chi connectivity index (χ4v) is 9.39. The van der Waals surface area contributed by atoms with Crippen LogP contribution in [0.25, 0.3) is 22.4 Å². The Bertz CT molecular complexity index is 2520. The number of likely N-dealkylation sites (tertiary alicyclic amines) is 1. The molecule has 5 aromatic rings. The van der Waals surface area contributed by atoms with E-state index in [1.54, 1.807) is 9.80 Å². The molecule has 3 saturated heterocycles. The summed E-state index contributed by atoms with van der Waals surface area (Å²) in [5.74, 6) is 0.242. The average molecular weight is 950 g/mol. The van der Waals surface area contributed by atoms with Gasteiger partial charge in [0, 0.05) is 71.9 Å². The van der Waals surface area contributed by atoms with E-state index in [0.29, 0.717) is 64.1 Å². The third kappa shape index (κ3) is 12.6. The van der Waals surface area contributed by atoms with E-state index in [2.05, 4.69) is 72.4 Å². The summed E-state index contributed by atoms with van der Waals surface area (Å²) in [4.78, 5) is 85.1. The molecule has 7 amide bonds. The molecule has 0 spiro atoms. The second-order valence-corrected chi connectivity index (χ2v) is 18.8. The number of aromatic amines is 1. The largest absolute Gasteiger partial charge is 0.354 e. The Kier molecular flexibility index (Phi) is 16.6. The summed E-state index contributed by atoms with van der Waals surface area (Å²) in [5.41, 5.74) is 6.37. The van der Waals surface area contributed by atoms with Gasteiger partial charge in [-0.1, -0.05) is 109 Å². The van der Waals surface area contributed by atoms with Gasteiger partial charge < -0.3 is 50.8 Å². The van der Waals surface area contributed by atoms with E-state index in [0.717, 1.165) is 78.4 Å². The van der Waals surface area contributed by atoms with Gasteiger partial charge in [0.25, 0.3) is 0 Å². The van der Waals surface area contributed by atoms with Crippen LogP contribution in [0.2, 0.25) is 0 Å². The first-order valence-electron chi connectivity index (χ1n) is 24.7. The molecule has 5 N–H and O–H groups in total. The van der Waals surface area contributed by atoms with Crippen molar-refractivity contribution < 1.29 is 24.0 Å². The van der Waals surface area contributed by atoms with E-state index in [4.69, 9.17) is 4.98 Å². The zero-order valence-corrected chi connectivity index (χ0v) is 40.6. The molecule has 8 rings (SSSR count). The molecule has 3 aliphatic rings. The topological polar surface area (TPSA) is 178 Å². The molecule has 3 aliphatic heterocycles. The van der Waals surface area contributed by atoms with Crippen LogP contribution in [0.15, 0.2) is 115 Å². The highest BCUT2D eigenvalue weighted by atomic mass is 16.2. The molecule has 3 fully saturated rings. The van der Waals surface area contributed by atoms with Crippen molar-refractivity contribution >= 4 is 29.8 Å². The number of imidazole rings is 1. The molecule has 368 valence electrons. The lowest BCUT2D eigenvalue weighted by molar-refractivity contribution is -0.134. The number of nitrogens with zero attached hydrogens (tertiary/aromatic N) is 6. The van der Waals surface area contributed by atoms with Gasteiger partial charge >= 0.3 is 12.1 Å². The fraction of sp³-hybridized carbons (Fsp3) is 0.407. The van der Waals surface area contributed by atoms with Crippen LogP contribution in [0.1, 0.15) is 85.7 Å². The molecule has 16 heteroatoms. The molecule has 4 heterocycles. The fourth-order valence-electron chi connectivity index (χ4n) is 9.39. The molecule has 4 aromatic carbocycles. The van der Waals surface area contributed by atoms with Crippen molar-refractivity contribution in [2.75, 3.05) is 79.5 Å². The lowest BCUT2D eigenvalue weighted by Gasteiger charge is -2.34. The number of urea groups is 2. The van der Waals surface area contributed by atoms with E-state index >= 15 is 0 Å². The number of unbranched alkanes of at least 4 members (excludes halogenated alkanes) is 1. The minimum atomic E-state index is -0.815. The van der Waals surface area contributed by atoms with Gasteiger partial charge in [-0.2, -0.15) is 0 Å². The number of aromatic nitrogens is 2. The van der Waals surface area contributed by atoms with Crippen LogP contribution in [-0.2, 0) is 14.4 Å². The maximum absolute atomic E-state index is 14.3. The zero-order chi connectivity index (χ0) is 49.0. The third-order valence-electron chi connectivity index (χ3n) is 13.8. The van der Waals surface area contributed by atoms with Crippen molar-refractivity contribution in [3.8, 4) is 22.4 Å². The second-order valence-electron chi connectivity index (χ2n) is 18.8. The lowest BCUT2D eigenvalue weighted by atomic mass is 10.00. The highest BCUT2D eigenvalue weighted by Gasteiger charge is 2.38. The van der Waals surface area contributed by atoms with Gasteiger partial charge in [0.15, 0.2) is 0 Å². The van der Waals surface area contributed by atoms with Gasteiger partial charge in [-0.25, -0.2) is 14.6 Å². The second kappa shape index (κ2) is 23.5. The molecule has 0 aliphatic carbocycles. The Labute approximate surface area is 411 Å². The lowest BCUT2D eigenvalue weighted by Crippen LogP contribution is -2.53. The molecule has 0 saturated carbocycles. The molecule has 4 atom stereocenters. The van der Waals surface area contributed by atoms with E-state index in [1.807, 2.05) is 105 Å². The minimum absolute atomic E-state index is 0.0594. The van der Waals surface area contributed by atoms with Crippen LogP contribution in [0.3, 0.4) is 0 Å². The number of likely N-dealkylation sites (N-methyl/N-ethyl adjacent to an activating group) is 2. The predicted molar refractivity (Wildman–Crippen MR) is 270 cm³/mol. The number of nitrogens with one attached hydrogen (secondary N) is 5. The first-order chi connectivity index (χ1) is 34.0. The van der Waals surface area contributed by atoms with E-state index in [1.165, 1.54) is 0 Å². The summed E-state index contributed by atoms with van der Waals surface area (Å²) in [7, 11) is 4.07. The van der Waals surface area contributed by atoms with Gasteiger partial charge in [-0.05, 0) is 80.1 Å². The molecular weight excluding hydrogens is 883 g/mol. The van der Waals surface area contributed by atoms with Crippen LogP contribution in [0.4, 0.5) is 9.59 Å². The number of benzene rings is 4. The monoisotopic (exact) mass is 950 g/mol. The summed E-state index contributed by atoms with van der Waals surface area (Å²) >= 11 is 0. The maximum Gasteiger partial charge on any atom is 0.318 e. The molecule has 0 bridgehead atoms. The summed E-state index contributed by atoms with van der Waals surface area (Å²) in [5, 5.41) is 12.1. The van der Waals surface area contributed by atoms with Gasteiger partial charge in [0.05, 0.1) is 24.0 Å². The van der Waals surface area contributed by atoms with Crippen molar-refractivity contribution in [2.45, 2.75) is 63.2 Å². The number of carbonyl (C=O) groups excluding carboxylic acids is 5. The van der Waals surface area contributed by atoms with Crippen LogP contribution < -0.4 is 21.3 Å². The van der Waals surface area contributed by atoms with Crippen LogP contribution in [-0.4, -0.2) is 144 Å². The Morgan fingerprint density at radius 2 is 1.14 bits per heavy atom. The highest BCUT2D eigenvalue weighted by Crippen LogP contribution is 2.35. The first kappa shape index (κ1) is 49.4. The molecular formula is C54H67N11O5. The molecule has 0 radical (unpaired) electrons. The zero-order valence-electron chi connectivity index (χ0n) is 40.6. The summed E-state index contributed by atoms with van der Waals surface area (Å²) in [6.45, 7) is 8.53. The standard InChI is InChI=1S/C54H67N11O5/c1-38(57-47(66)18-10-11-27-55-51(67)48(43-13-6-4-7-14-43)59-53(69)63-33-29-61(2)30-34-63)39-19-21-40(22-20-39)41-23-25-42(26-24-41)45-37-56-50(58-45)46-17-12-28-65(46)52(68)49(44-15-8-5-9-16-44)60-54(70)64-35-31-62(3)32-36-64/h4-9,13-16,19-26,37-38,46,48-49H,10-12,17-18,27-36H2,1-3H3,(H,55,67)(H,56,58)(H,57,66)(H,59,69)(H,60,70)/t38-,46-,48+,49+/m0/s1. The Hall–Kier alpha value is -7.04. The Morgan fingerprint density at radius 1 is 0.614 bits per heavy atom. The van der Waals surface area contributed by atoms with E-state index in [9.17, 15) is 24.0 Å². The molecule has 0 unspecified atom stereocenters. The van der Waals surface area contributed by atoms with Crippen molar-refractivity contribution in [1.29, 1.82) is 0 Å². The number of amides is 7. The van der Waals surface area contributed by atoms with Crippen LogP contribution in [0, 0.1) is 0 Å². The van der Waals surface area contributed by atoms with Crippen molar-refractivity contribution in [1.82, 2.24) is 55.7 Å². The van der Waals surface area contributed by atoms with Crippen LogP contribution >= 0.6 is 0 Å². The Balaban J connectivity index is 0.798. The Morgan fingerprint density at radius 3 is 1.73 bits per heavy atom. The highest BCUT2D eigenvalue weighted by molar-refractivity contribution is 5.89. The van der Waals surface area contributed by atoms with E-state index in [-0.39, 0.29) is 41.9 Å². The number of carbonyl (C=O) groups is 5. The third-order valence-corrected chi connectivity index (χ3v) is 13.8. The van der Waals surface area contributed by atoms with Crippen molar-refractivity contribution in [2.24, 2.45) is 0 Å². The van der Waals surface area contributed by atoms with Crippen molar-refractivity contribution in [3.05, 3.63) is 138 Å². The number of hydrogen-bond donors (Lipinski definition) is 5. The number of hydrogen-bond acceptors (Lipinski definition) is 8. The first-order valence-corrected chi connectivity index (χ1v) is 24.7. The smallest absolute Gasteiger partial charge is 0.318 e. The summed E-state index contributed by atoms with van der Waals surface area (Å²) in [6, 6.07) is 32.6.